The number of fused-ring (bicyclic) bond motifs is 1. The highest BCUT2D eigenvalue weighted by molar-refractivity contribution is 6.34. The average Bonchev–Trinajstić information content (AvgIpc) is 3.14. The number of nitrogens with zero attached hydrogens (tertiary/aromatic N) is 1. The first-order valence-corrected chi connectivity index (χ1v) is 11.1. The van der Waals surface area contributed by atoms with Gasteiger partial charge in [0.25, 0.3) is 0 Å². The summed E-state index contributed by atoms with van der Waals surface area (Å²) in [5, 5.41) is 14.6. The Bertz CT molecular complexity index is 1360. The number of carbonyl (C=O) groups excluding carboxylic acids is 1. The standard InChI is InChI=1S/C26H20Cl2N2O3/c27-19-15-21(28)24-20(11-12-23(31)29-14-13-17-7-3-1-4-8-17)26(25(32)33,30-22(24)16-19)18-9-5-2-6-10-18/h1-12,15-16H,13-14H2,(H,29,31)(H,32,33). The second kappa shape index (κ2) is 9.61. The van der Waals surface area contributed by atoms with E-state index in [0.29, 0.717) is 39.7 Å². The topological polar surface area (TPSA) is 78.8 Å². The number of amides is 1. The van der Waals surface area contributed by atoms with Crippen molar-refractivity contribution in [2.75, 3.05) is 6.54 Å². The van der Waals surface area contributed by atoms with E-state index in [0.717, 1.165) is 5.56 Å². The van der Waals surface area contributed by atoms with Crippen LogP contribution in [0.1, 0.15) is 11.1 Å². The van der Waals surface area contributed by atoms with Gasteiger partial charge in [0.2, 0.25) is 11.4 Å². The van der Waals surface area contributed by atoms with Crippen LogP contribution < -0.4 is 15.9 Å². The predicted octanol–water partition coefficient (Wildman–Crippen LogP) is 3.67. The number of carboxylic acid groups (broad SMARTS) is 1. The first-order chi connectivity index (χ1) is 15.9. The minimum Gasteiger partial charge on any atom is -0.479 e. The summed E-state index contributed by atoms with van der Waals surface area (Å²) in [5.74, 6) is -1.52. The quantitative estimate of drug-likeness (QED) is 0.508. The predicted molar refractivity (Wildman–Crippen MR) is 129 cm³/mol. The zero-order chi connectivity index (χ0) is 23.4. The molecule has 7 heteroatoms. The van der Waals surface area contributed by atoms with Gasteiger partial charge in [-0.3, -0.25) is 9.79 Å². The number of carbonyl (C=O) groups is 2. The molecule has 33 heavy (non-hydrogen) atoms. The Morgan fingerprint density at radius 3 is 2.33 bits per heavy atom. The van der Waals surface area contributed by atoms with Gasteiger partial charge in [-0.15, -0.1) is 0 Å². The molecule has 166 valence electrons. The van der Waals surface area contributed by atoms with E-state index in [1.807, 2.05) is 30.3 Å². The number of hydrogen-bond donors (Lipinski definition) is 2. The summed E-state index contributed by atoms with van der Waals surface area (Å²) in [6.07, 6.45) is 3.48. The van der Waals surface area contributed by atoms with Crippen LogP contribution in [0.3, 0.4) is 0 Å². The lowest BCUT2D eigenvalue weighted by Gasteiger charge is -2.24. The number of hydrogen-bond acceptors (Lipinski definition) is 3. The third-order valence-corrected chi connectivity index (χ3v) is 5.96. The monoisotopic (exact) mass is 478 g/mol. The van der Waals surface area contributed by atoms with Crippen molar-refractivity contribution in [2.24, 2.45) is 4.99 Å². The highest BCUT2D eigenvalue weighted by Crippen LogP contribution is 2.37. The van der Waals surface area contributed by atoms with Crippen molar-refractivity contribution in [1.82, 2.24) is 5.32 Å². The third kappa shape index (κ3) is 4.56. The maximum Gasteiger partial charge on any atom is 0.341 e. The lowest BCUT2D eigenvalue weighted by Crippen LogP contribution is -2.35. The first-order valence-electron chi connectivity index (χ1n) is 10.3. The molecular formula is C26H20Cl2N2O3. The van der Waals surface area contributed by atoms with Crippen LogP contribution in [0, 0.1) is 0 Å². The second-order valence-electron chi connectivity index (χ2n) is 7.55. The van der Waals surface area contributed by atoms with Crippen molar-refractivity contribution in [3.8, 4) is 0 Å². The summed E-state index contributed by atoms with van der Waals surface area (Å²) in [4.78, 5) is 29.7. The summed E-state index contributed by atoms with van der Waals surface area (Å²) in [7, 11) is 0. The number of benzene rings is 3. The van der Waals surface area contributed by atoms with Crippen molar-refractivity contribution in [2.45, 2.75) is 12.0 Å². The van der Waals surface area contributed by atoms with Gasteiger partial charge in [-0.05, 0) is 35.8 Å². The molecule has 1 atom stereocenters. The van der Waals surface area contributed by atoms with Gasteiger partial charge >= 0.3 is 5.97 Å². The zero-order valence-corrected chi connectivity index (χ0v) is 19.0. The highest BCUT2D eigenvalue weighted by Gasteiger charge is 2.46. The summed E-state index contributed by atoms with van der Waals surface area (Å²) < 4.78 is 0. The van der Waals surface area contributed by atoms with Crippen LogP contribution in [0.2, 0.25) is 10.0 Å². The summed E-state index contributed by atoms with van der Waals surface area (Å²) >= 11 is 12.6. The van der Waals surface area contributed by atoms with Gasteiger partial charge in [-0.2, -0.15) is 0 Å². The minimum atomic E-state index is -1.75. The number of aliphatic carboxylic acids is 1. The van der Waals surface area contributed by atoms with E-state index >= 15 is 0 Å². The van der Waals surface area contributed by atoms with E-state index in [1.165, 1.54) is 18.2 Å². The molecule has 1 heterocycles. The van der Waals surface area contributed by atoms with E-state index in [9.17, 15) is 14.7 Å². The number of rotatable bonds is 7. The normalized spacial score (nSPS) is 17.0. The van der Waals surface area contributed by atoms with Gasteiger partial charge in [0.05, 0.1) is 10.4 Å². The van der Waals surface area contributed by atoms with Gasteiger partial charge in [0.1, 0.15) is 0 Å². The van der Waals surface area contributed by atoms with Crippen LogP contribution in [0.25, 0.3) is 5.57 Å². The van der Waals surface area contributed by atoms with Crippen molar-refractivity contribution in [1.29, 1.82) is 0 Å². The molecule has 0 saturated heterocycles. The molecule has 4 rings (SSSR count). The Labute approximate surface area is 200 Å². The Morgan fingerprint density at radius 2 is 1.67 bits per heavy atom. The van der Waals surface area contributed by atoms with Crippen LogP contribution in [0.4, 0.5) is 0 Å². The molecule has 0 spiro atoms. The molecule has 1 amide bonds. The van der Waals surface area contributed by atoms with Gasteiger partial charge in [-0.1, -0.05) is 83.9 Å². The van der Waals surface area contributed by atoms with Gasteiger partial charge < -0.3 is 10.4 Å². The number of nitrogens with one attached hydrogen (secondary N) is 1. The lowest BCUT2D eigenvalue weighted by molar-refractivity contribution is -0.141. The zero-order valence-electron chi connectivity index (χ0n) is 17.5. The highest BCUT2D eigenvalue weighted by atomic mass is 35.5. The van der Waals surface area contributed by atoms with E-state index in [2.05, 4.69) is 10.3 Å². The molecule has 3 aromatic carbocycles. The Morgan fingerprint density at radius 1 is 1.00 bits per heavy atom. The SMILES string of the molecule is O=C(C=CC1=c2c(Cl)cc(Cl)cc2=NC1(C(=O)O)c1ccccc1)NCCc1ccccc1. The molecule has 2 N–H and O–H groups in total. The fourth-order valence-electron chi connectivity index (χ4n) is 3.92. The summed E-state index contributed by atoms with van der Waals surface area (Å²) in [6.45, 7) is 0.447. The van der Waals surface area contributed by atoms with Crippen LogP contribution in [-0.4, -0.2) is 23.5 Å². The van der Waals surface area contributed by atoms with Crippen molar-refractivity contribution in [3.05, 3.63) is 117 Å². The first kappa shape index (κ1) is 22.8. The van der Waals surface area contributed by atoms with E-state index in [1.54, 1.807) is 36.4 Å². The molecule has 5 nitrogen and oxygen atoms in total. The molecule has 1 aliphatic rings. The van der Waals surface area contributed by atoms with Crippen molar-refractivity contribution < 1.29 is 14.7 Å². The molecule has 0 saturated carbocycles. The van der Waals surface area contributed by atoms with Crippen LogP contribution in [0.5, 0.6) is 0 Å². The fraction of sp³-hybridized carbons (Fsp3) is 0.115. The molecule has 0 radical (unpaired) electrons. The average molecular weight is 479 g/mol. The third-order valence-electron chi connectivity index (χ3n) is 5.44. The smallest absolute Gasteiger partial charge is 0.341 e. The number of halogens is 2. The molecule has 1 aliphatic heterocycles. The Hall–Kier alpha value is -3.41. The van der Waals surface area contributed by atoms with Gasteiger partial charge in [-0.25, -0.2) is 4.79 Å². The number of carboxylic acids is 1. The largest absolute Gasteiger partial charge is 0.479 e. The second-order valence-corrected chi connectivity index (χ2v) is 8.39. The van der Waals surface area contributed by atoms with Crippen molar-refractivity contribution in [3.63, 3.8) is 0 Å². The molecule has 0 fully saturated rings. The summed E-state index contributed by atoms with van der Waals surface area (Å²) in [5.41, 5.74) is 0.108. The van der Waals surface area contributed by atoms with Crippen LogP contribution >= 0.6 is 23.2 Å². The van der Waals surface area contributed by atoms with E-state index in [-0.39, 0.29) is 10.9 Å². The van der Waals surface area contributed by atoms with E-state index in [4.69, 9.17) is 23.2 Å². The Kier molecular flexibility index (Phi) is 6.63. The minimum absolute atomic E-state index is 0.268. The maximum absolute atomic E-state index is 12.6. The summed E-state index contributed by atoms with van der Waals surface area (Å²) in [6, 6.07) is 21.6. The fourth-order valence-corrected chi connectivity index (χ4v) is 4.50. The molecule has 0 aromatic heterocycles. The van der Waals surface area contributed by atoms with Gasteiger partial charge in [0, 0.05) is 28.4 Å². The lowest BCUT2D eigenvalue weighted by atomic mass is 9.83. The van der Waals surface area contributed by atoms with E-state index < -0.39 is 11.5 Å². The maximum atomic E-state index is 12.6. The molecule has 3 aromatic rings. The van der Waals surface area contributed by atoms with Crippen LogP contribution in [-0.2, 0) is 21.5 Å². The molecular weight excluding hydrogens is 459 g/mol. The van der Waals surface area contributed by atoms with Gasteiger partial charge in [0.15, 0.2) is 0 Å². The Balaban J connectivity index is 1.71. The van der Waals surface area contributed by atoms with Crippen molar-refractivity contribution >= 4 is 40.7 Å². The molecule has 1 unspecified atom stereocenters. The molecule has 0 bridgehead atoms. The van der Waals surface area contributed by atoms with Crippen LogP contribution in [0.15, 0.2) is 89.9 Å². The molecule has 0 aliphatic carbocycles.